The predicted molar refractivity (Wildman–Crippen MR) is 102 cm³/mol. The molecule has 0 radical (unpaired) electrons. The molecule has 0 fully saturated rings. The largest absolute Gasteiger partial charge is 0.481 e. The Morgan fingerprint density at radius 2 is 1.96 bits per heavy atom. The summed E-state index contributed by atoms with van der Waals surface area (Å²) in [6.45, 7) is 5.43. The van der Waals surface area contributed by atoms with Crippen LogP contribution in [0.4, 0.5) is 0 Å². The number of aromatic nitrogens is 1. The molecule has 0 aliphatic heterocycles. The quantitative estimate of drug-likeness (QED) is 0.405. The molecule has 0 saturated heterocycles. The number of carbonyl (C=O) groups is 1. The number of hydrogen-bond donors (Lipinski definition) is 2. The van der Waals surface area contributed by atoms with Gasteiger partial charge >= 0.3 is 5.97 Å². The third-order valence-electron chi connectivity index (χ3n) is 4.59. The van der Waals surface area contributed by atoms with Gasteiger partial charge in [0.15, 0.2) is 0 Å². The van der Waals surface area contributed by atoms with Gasteiger partial charge in [-0.3, -0.25) is 4.79 Å². The number of carboxylic acids is 1. The van der Waals surface area contributed by atoms with Crippen LogP contribution in [-0.2, 0) is 16.2 Å². The molecule has 1 heterocycles. The summed E-state index contributed by atoms with van der Waals surface area (Å²) in [6, 6.07) is 12.1. The molecule has 0 unspecified atom stereocenters. The van der Waals surface area contributed by atoms with E-state index in [4.69, 9.17) is 15.7 Å². The zero-order valence-electron chi connectivity index (χ0n) is 15.0. The molecule has 0 spiro atoms. The number of benzene rings is 2. The van der Waals surface area contributed by atoms with Crippen LogP contribution in [0, 0.1) is 13.8 Å². The molecule has 3 aromatic rings. The van der Waals surface area contributed by atoms with Gasteiger partial charge in [0.25, 0.3) is 0 Å². The summed E-state index contributed by atoms with van der Waals surface area (Å²) in [7, 11) is 0. The number of carboxylic acid groups (broad SMARTS) is 1. The van der Waals surface area contributed by atoms with Crippen LogP contribution >= 0.6 is 0 Å². The first-order valence-corrected chi connectivity index (χ1v) is 8.64. The minimum Gasteiger partial charge on any atom is -0.481 e. The highest BCUT2D eigenvalue weighted by Gasteiger charge is 2.12. The van der Waals surface area contributed by atoms with Crippen molar-refractivity contribution >= 4 is 27.8 Å². The van der Waals surface area contributed by atoms with Gasteiger partial charge in [-0.1, -0.05) is 35.5 Å². The highest BCUT2D eigenvalue weighted by molar-refractivity contribution is 5.95. The molecule has 0 atom stereocenters. The minimum atomic E-state index is -0.907. The van der Waals surface area contributed by atoms with Crippen molar-refractivity contribution in [3.8, 4) is 0 Å². The molecule has 0 aliphatic carbocycles. The molecule has 3 N–H and O–H groups in total. The molecule has 26 heavy (non-hydrogen) atoms. The van der Waals surface area contributed by atoms with Crippen LogP contribution in [0.2, 0.25) is 0 Å². The highest BCUT2D eigenvalue weighted by Crippen LogP contribution is 2.24. The molecular weight excluding hydrogens is 330 g/mol. The summed E-state index contributed by atoms with van der Waals surface area (Å²) in [5.74, 6) is -0.907. The van der Waals surface area contributed by atoms with Crippen molar-refractivity contribution in [3.63, 3.8) is 0 Å². The van der Waals surface area contributed by atoms with Crippen molar-refractivity contribution in [1.29, 1.82) is 0 Å². The second-order valence-electron chi connectivity index (χ2n) is 6.28. The van der Waals surface area contributed by atoms with Gasteiger partial charge < -0.3 is 20.2 Å². The van der Waals surface area contributed by atoms with Crippen LogP contribution in [0.25, 0.3) is 21.8 Å². The summed E-state index contributed by atoms with van der Waals surface area (Å²) in [6.07, 6.45) is -0.0858. The van der Waals surface area contributed by atoms with E-state index in [9.17, 15) is 4.79 Å². The summed E-state index contributed by atoms with van der Waals surface area (Å²) in [5, 5.41) is 15.7. The standard InChI is InChI=1S/C20H23N3O3/c1-13-7-8-16-19(22-26-12-9-18(24)25)15-5-3-4-6-17(15)23(11-10-21)20(16)14(13)2/h3-8H,9-12,21H2,1-2H3,(H,24,25). The van der Waals surface area contributed by atoms with Crippen molar-refractivity contribution in [1.82, 2.24) is 4.57 Å². The van der Waals surface area contributed by atoms with Crippen LogP contribution in [0.15, 0.2) is 41.6 Å². The van der Waals surface area contributed by atoms with E-state index >= 15 is 0 Å². The van der Waals surface area contributed by atoms with E-state index in [0.717, 1.165) is 27.2 Å². The van der Waals surface area contributed by atoms with E-state index in [-0.39, 0.29) is 13.0 Å². The fraction of sp³-hybridized carbons (Fsp3) is 0.300. The van der Waals surface area contributed by atoms with Crippen LogP contribution in [-0.4, -0.2) is 28.8 Å². The zero-order chi connectivity index (χ0) is 18.7. The van der Waals surface area contributed by atoms with Gasteiger partial charge in [0.2, 0.25) is 0 Å². The van der Waals surface area contributed by atoms with Crippen LogP contribution in [0.1, 0.15) is 17.5 Å². The normalized spacial score (nSPS) is 12.0. The number of rotatable bonds is 6. The first-order chi connectivity index (χ1) is 12.5. The number of fused-ring (bicyclic) bond motifs is 2. The Kier molecular flexibility index (Phi) is 5.23. The van der Waals surface area contributed by atoms with E-state index in [1.54, 1.807) is 0 Å². The molecule has 3 rings (SSSR count). The monoisotopic (exact) mass is 353 g/mol. The molecule has 0 saturated carbocycles. The number of para-hydroxylation sites is 1. The maximum Gasteiger partial charge on any atom is 0.306 e. The lowest BCUT2D eigenvalue weighted by Crippen LogP contribution is -2.18. The minimum absolute atomic E-state index is 0.0354. The fourth-order valence-corrected chi connectivity index (χ4v) is 3.22. The Labute approximate surface area is 151 Å². The third kappa shape index (κ3) is 3.28. The fourth-order valence-electron chi connectivity index (χ4n) is 3.22. The second kappa shape index (κ2) is 7.58. The third-order valence-corrected chi connectivity index (χ3v) is 4.59. The van der Waals surface area contributed by atoms with Crippen molar-refractivity contribution in [2.45, 2.75) is 26.8 Å². The van der Waals surface area contributed by atoms with Gasteiger partial charge in [-0.15, -0.1) is 0 Å². The van der Waals surface area contributed by atoms with Crippen molar-refractivity contribution in [2.75, 3.05) is 13.2 Å². The lowest BCUT2D eigenvalue weighted by atomic mass is 10.0. The van der Waals surface area contributed by atoms with Gasteiger partial charge in [0.1, 0.15) is 12.0 Å². The van der Waals surface area contributed by atoms with Gasteiger partial charge in [-0.05, 0) is 31.0 Å². The van der Waals surface area contributed by atoms with E-state index in [1.807, 2.05) is 30.3 Å². The van der Waals surface area contributed by atoms with Crippen LogP contribution in [0.3, 0.4) is 0 Å². The van der Waals surface area contributed by atoms with E-state index in [2.05, 4.69) is 29.6 Å². The molecule has 0 aliphatic rings. The number of nitrogens with two attached hydrogens (primary N) is 1. The smallest absolute Gasteiger partial charge is 0.306 e. The average molecular weight is 353 g/mol. The molecule has 2 aromatic carbocycles. The second-order valence-corrected chi connectivity index (χ2v) is 6.28. The van der Waals surface area contributed by atoms with Gasteiger partial charge in [-0.2, -0.15) is 0 Å². The summed E-state index contributed by atoms with van der Waals surface area (Å²) in [5.41, 5.74) is 10.3. The van der Waals surface area contributed by atoms with Gasteiger partial charge in [0.05, 0.1) is 17.5 Å². The lowest BCUT2D eigenvalue weighted by molar-refractivity contribution is -0.138. The Balaban J connectivity index is 2.35. The Morgan fingerprint density at radius 3 is 2.69 bits per heavy atom. The molecule has 0 amide bonds. The number of aryl methyl sites for hydroxylation is 2. The molecule has 6 heteroatoms. The first-order valence-electron chi connectivity index (χ1n) is 8.64. The predicted octanol–water partition coefficient (Wildman–Crippen LogP) is 2.68. The van der Waals surface area contributed by atoms with Gasteiger partial charge in [-0.25, -0.2) is 0 Å². The average Bonchev–Trinajstić information content (AvgIpc) is 2.63. The zero-order valence-corrected chi connectivity index (χ0v) is 15.0. The Bertz CT molecular complexity index is 1040. The summed E-state index contributed by atoms with van der Waals surface area (Å²) in [4.78, 5) is 16.0. The molecule has 0 bridgehead atoms. The van der Waals surface area contributed by atoms with Crippen molar-refractivity contribution in [3.05, 3.63) is 52.9 Å². The number of aliphatic carboxylic acids is 1. The molecule has 136 valence electrons. The molecular formula is C20H23N3O3. The maximum absolute atomic E-state index is 10.7. The van der Waals surface area contributed by atoms with E-state index in [1.165, 1.54) is 11.1 Å². The highest BCUT2D eigenvalue weighted by atomic mass is 16.6. The number of hydrogen-bond acceptors (Lipinski definition) is 4. The topological polar surface area (TPSA) is 89.8 Å². The number of nitrogens with zero attached hydrogens (tertiary/aromatic N) is 2. The molecule has 6 nitrogen and oxygen atoms in total. The van der Waals surface area contributed by atoms with E-state index < -0.39 is 5.97 Å². The lowest BCUT2D eigenvalue weighted by Gasteiger charge is -2.18. The number of pyridine rings is 1. The van der Waals surface area contributed by atoms with Gasteiger partial charge in [0, 0.05) is 23.9 Å². The first kappa shape index (κ1) is 17.9. The van der Waals surface area contributed by atoms with Crippen LogP contribution < -0.4 is 11.1 Å². The SMILES string of the molecule is Cc1ccc2c(=NOCCC(=O)O)c3ccccc3n(CCN)c2c1C. The van der Waals surface area contributed by atoms with E-state index in [0.29, 0.717) is 13.1 Å². The Morgan fingerprint density at radius 1 is 1.19 bits per heavy atom. The Hall–Kier alpha value is -2.86. The summed E-state index contributed by atoms with van der Waals surface area (Å²) >= 11 is 0. The summed E-state index contributed by atoms with van der Waals surface area (Å²) < 4.78 is 2.23. The maximum atomic E-state index is 10.7. The van der Waals surface area contributed by atoms with Crippen molar-refractivity contribution in [2.24, 2.45) is 10.9 Å². The van der Waals surface area contributed by atoms with Crippen LogP contribution in [0.5, 0.6) is 0 Å². The molecule has 1 aromatic heterocycles. The van der Waals surface area contributed by atoms with Crippen molar-refractivity contribution < 1.29 is 14.7 Å².